The van der Waals surface area contributed by atoms with E-state index >= 15 is 0 Å². The Balaban J connectivity index is 2.98. The van der Waals surface area contributed by atoms with Gasteiger partial charge < -0.3 is 0 Å². The van der Waals surface area contributed by atoms with Crippen molar-refractivity contribution in [2.24, 2.45) is 0 Å². The molecule has 0 amide bonds. The molecule has 0 fully saturated rings. The molecule has 0 atom stereocenters. The van der Waals surface area contributed by atoms with Crippen LogP contribution in [0.25, 0.3) is 0 Å². The predicted molar refractivity (Wildman–Crippen MR) is 31.8 cm³/mol. The summed E-state index contributed by atoms with van der Waals surface area (Å²) in [5.41, 5.74) is 0. The van der Waals surface area contributed by atoms with Crippen LogP contribution in [0.15, 0.2) is 12.2 Å². The topological polar surface area (TPSA) is 0 Å². The minimum absolute atomic E-state index is 0.0154. The standard InChI is InChI=1S/C4H3ClGe/c5-4-2-1-3-6-4/h1-3H. The van der Waals surface area contributed by atoms with Crippen LogP contribution < -0.4 is 0 Å². The van der Waals surface area contributed by atoms with Crippen LogP contribution in [0.4, 0.5) is 0 Å². The third-order valence-corrected chi connectivity index (χ3v) is 2.93. The quantitative estimate of drug-likeness (QED) is 0.450. The van der Waals surface area contributed by atoms with Crippen molar-refractivity contribution in [1.82, 2.24) is 0 Å². The van der Waals surface area contributed by atoms with Crippen LogP contribution >= 0.6 is 11.6 Å². The molecule has 0 spiro atoms. The van der Waals surface area contributed by atoms with Gasteiger partial charge >= 0.3 is 47.0 Å². The van der Waals surface area contributed by atoms with E-state index in [9.17, 15) is 0 Å². The Hall–Kier alpha value is 0.313. The van der Waals surface area contributed by atoms with Gasteiger partial charge in [-0.05, 0) is 0 Å². The number of hydrogen-bond donors (Lipinski definition) is 0. The zero-order chi connectivity index (χ0) is 4.41. The van der Waals surface area contributed by atoms with Crippen LogP contribution in [-0.4, -0.2) is 23.2 Å². The van der Waals surface area contributed by atoms with Crippen LogP contribution in [0.1, 0.15) is 0 Å². The van der Waals surface area contributed by atoms with Gasteiger partial charge in [-0.1, -0.05) is 0 Å². The molecule has 0 unspecified atom stereocenters. The van der Waals surface area contributed by atoms with Gasteiger partial charge in [-0.25, -0.2) is 0 Å². The van der Waals surface area contributed by atoms with E-state index in [0.717, 1.165) is 3.81 Å². The van der Waals surface area contributed by atoms with Crippen LogP contribution in [0, 0.1) is 0 Å². The molecular formula is C4H3ClGe. The molecule has 30 valence electrons. The Labute approximate surface area is 47.4 Å². The summed E-state index contributed by atoms with van der Waals surface area (Å²) in [7, 11) is 0. The van der Waals surface area contributed by atoms with E-state index in [1.165, 1.54) is 0 Å². The van der Waals surface area contributed by atoms with Gasteiger partial charge in [0.1, 0.15) is 0 Å². The van der Waals surface area contributed by atoms with Crippen molar-refractivity contribution in [3.8, 4) is 0 Å². The number of allylic oxidation sites excluding steroid dienone is 2. The van der Waals surface area contributed by atoms with Crippen LogP contribution in [0.2, 0.25) is 0 Å². The third kappa shape index (κ3) is 0.885. The normalized spacial score (nSPS) is 15.8. The maximum absolute atomic E-state index is 5.57. The second-order valence-corrected chi connectivity index (χ2v) is 4.53. The van der Waals surface area contributed by atoms with Crippen molar-refractivity contribution in [2.45, 2.75) is 0 Å². The zero-order valence-corrected chi connectivity index (χ0v) is 5.96. The summed E-state index contributed by atoms with van der Waals surface area (Å²) in [6, 6.07) is 0. The van der Waals surface area contributed by atoms with Crippen molar-refractivity contribution < 1.29 is 0 Å². The molecule has 6 heavy (non-hydrogen) atoms. The molecule has 0 radical (unpaired) electrons. The molecule has 1 heterocycles. The van der Waals surface area contributed by atoms with Crippen molar-refractivity contribution >= 4 is 34.8 Å². The summed E-state index contributed by atoms with van der Waals surface area (Å²) in [6.07, 6.45) is 3.98. The summed E-state index contributed by atoms with van der Waals surface area (Å²) in [4.78, 5) is 2.16. The van der Waals surface area contributed by atoms with E-state index in [1.807, 2.05) is 12.2 Å². The van der Waals surface area contributed by atoms with E-state index in [1.54, 1.807) is 0 Å². The molecule has 0 saturated carbocycles. The van der Waals surface area contributed by atoms with E-state index in [2.05, 4.69) is 4.85 Å². The van der Waals surface area contributed by atoms with E-state index in [4.69, 9.17) is 11.6 Å². The SMILES string of the molecule is Cl[C]1=[Ge]=[CH]C=C1. The summed E-state index contributed by atoms with van der Waals surface area (Å²) in [6.45, 7) is 0. The van der Waals surface area contributed by atoms with Gasteiger partial charge in [0.25, 0.3) is 0 Å². The molecule has 0 aromatic carbocycles. The molecule has 0 N–H and O–H groups in total. The Morgan fingerprint density at radius 3 is 2.67 bits per heavy atom. The maximum atomic E-state index is 5.57. The average Bonchev–Trinajstić information content (AvgIpc) is 1.86. The molecule has 0 aliphatic carbocycles. The van der Waals surface area contributed by atoms with Crippen molar-refractivity contribution in [2.75, 3.05) is 0 Å². The van der Waals surface area contributed by atoms with Gasteiger partial charge in [-0.3, -0.25) is 0 Å². The van der Waals surface area contributed by atoms with Gasteiger partial charge in [-0.2, -0.15) is 0 Å². The Kier molecular flexibility index (Phi) is 1.38. The first-order valence-corrected chi connectivity index (χ1v) is 4.32. The second-order valence-electron chi connectivity index (χ2n) is 1.02. The second kappa shape index (κ2) is 1.85. The molecular weight excluding hydrogens is 156 g/mol. The Bertz CT molecular complexity index is 140. The first-order valence-electron chi connectivity index (χ1n) is 1.68. The third-order valence-electron chi connectivity index (χ3n) is 0.560. The van der Waals surface area contributed by atoms with Gasteiger partial charge in [0.2, 0.25) is 0 Å². The molecule has 1 aliphatic rings. The average molecular weight is 159 g/mol. The van der Waals surface area contributed by atoms with Crippen LogP contribution in [0.3, 0.4) is 0 Å². The summed E-state index contributed by atoms with van der Waals surface area (Å²) < 4.78 is 1.06. The van der Waals surface area contributed by atoms with Gasteiger partial charge in [0.05, 0.1) is 0 Å². The Morgan fingerprint density at radius 1 is 1.67 bits per heavy atom. The molecule has 0 nitrogen and oxygen atoms in total. The summed E-state index contributed by atoms with van der Waals surface area (Å²) in [5.74, 6) is 0. The molecule has 1 aliphatic heterocycles. The number of halogens is 1. The number of rotatable bonds is 0. The van der Waals surface area contributed by atoms with Crippen LogP contribution in [-0.2, 0) is 0 Å². The molecule has 1 rings (SSSR count). The van der Waals surface area contributed by atoms with Crippen molar-refractivity contribution in [3.63, 3.8) is 0 Å². The van der Waals surface area contributed by atoms with Crippen molar-refractivity contribution in [1.29, 1.82) is 0 Å². The number of hydrogen-bond acceptors (Lipinski definition) is 0. The van der Waals surface area contributed by atoms with E-state index in [-0.39, 0.29) is 14.6 Å². The first kappa shape index (κ1) is 4.47. The monoisotopic (exact) mass is 160 g/mol. The predicted octanol–water partition coefficient (Wildman–Crippen LogP) is 0.431. The zero-order valence-electron chi connectivity index (χ0n) is 3.11. The molecule has 2 heteroatoms. The molecule has 0 saturated heterocycles. The van der Waals surface area contributed by atoms with Gasteiger partial charge in [0.15, 0.2) is 0 Å². The molecule has 0 aromatic heterocycles. The fourth-order valence-electron chi connectivity index (χ4n) is 0.308. The fourth-order valence-corrected chi connectivity index (χ4v) is 1.85. The summed E-state index contributed by atoms with van der Waals surface area (Å²) in [5, 5.41) is 0. The summed E-state index contributed by atoms with van der Waals surface area (Å²) >= 11 is 5.58. The Morgan fingerprint density at radius 2 is 2.50 bits per heavy atom. The van der Waals surface area contributed by atoms with Crippen LogP contribution in [0.5, 0.6) is 0 Å². The fraction of sp³-hybridized carbons (Fsp3) is 0. The van der Waals surface area contributed by atoms with Crippen molar-refractivity contribution in [3.05, 3.63) is 12.2 Å². The first-order chi connectivity index (χ1) is 2.89. The molecule has 0 aromatic rings. The van der Waals surface area contributed by atoms with E-state index in [0.29, 0.717) is 0 Å². The van der Waals surface area contributed by atoms with Gasteiger partial charge in [-0.15, -0.1) is 0 Å². The molecule has 0 bridgehead atoms. The van der Waals surface area contributed by atoms with Gasteiger partial charge in [0, 0.05) is 0 Å². The minimum atomic E-state index is 0.0154. The van der Waals surface area contributed by atoms with E-state index < -0.39 is 0 Å².